The first-order valence-corrected chi connectivity index (χ1v) is 14.9. The van der Waals surface area contributed by atoms with Crippen LogP contribution in [0, 0.1) is 5.41 Å². The number of nitrogens with zero attached hydrogens (tertiary/aromatic N) is 2. The second-order valence-corrected chi connectivity index (χ2v) is 12.6. The summed E-state index contributed by atoms with van der Waals surface area (Å²) in [6, 6.07) is 11.6. The number of piperidine rings is 1. The van der Waals surface area contributed by atoms with Crippen molar-refractivity contribution in [1.82, 2.24) is 9.80 Å². The maximum Gasteiger partial charge on any atom is 0.416 e. The second kappa shape index (κ2) is 10.8. The van der Waals surface area contributed by atoms with Gasteiger partial charge in [0.15, 0.2) is 0 Å². The fourth-order valence-electron chi connectivity index (χ4n) is 7.91. The number of rotatable bonds is 4. The molecule has 2 aromatic carbocycles. The Labute approximate surface area is 242 Å². The van der Waals surface area contributed by atoms with Crippen molar-refractivity contribution in [3.8, 4) is 0 Å². The summed E-state index contributed by atoms with van der Waals surface area (Å²) in [5.74, 6) is -1.45. The Kier molecular flexibility index (Phi) is 7.61. The number of likely N-dealkylation sites (tertiary alicyclic amines) is 2. The highest BCUT2D eigenvalue weighted by molar-refractivity contribution is 5.87. The van der Waals surface area contributed by atoms with Crippen LogP contribution in [0.3, 0.4) is 0 Å². The Balaban J connectivity index is 1.24. The number of ether oxygens (including phenoxy) is 1. The number of carbonyl (C=O) groups excluding carboxylic acids is 1. The molecule has 1 aliphatic carbocycles. The molecule has 4 nitrogen and oxygen atoms in total. The first-order valence-electron chi connectivity index (χ1n) is 14.9. The molecule has 1 spiro atoms. The van der Waals surface area contributed by atoms with Crippen LogP contribution in [0.4, 0.5) is 26.3 Å². The summed E-state index contributed by atoms with van der Waals surface area (Å²) in [6.07, 6.45) is -3.25. The first-order chi connectivity index (χ1) is 19.9. The molecule has 10 heteroatoms. The van der Waals surface area contributed by atoms with Crippen LogP contribution < -0.4 is 0 Å². The van der Waals surface area contributed by atoms with E-state index in [1.54, 1.807) is 4.90 Å². The number of carbonyl (C=O) groups is 1. The lowest BCUT2D eigenvalue weighted by Crippen LogP contribution is -2.53. The average Bonchev–Trinajstić information content (AvgIpc) is 3.59. The lowest BCUT2D eigenvalue weighted by Gasteiger charge is -2.50. The molecule has 3 heterocycles. The standard InChI is InChI=1S/C32H36F6N2O2/c33-31(34,35)24-18-22(19-25(20-24)32(36,37)38)27-8-14-40(28(27)41)30(23-4-2-1-3-5-23)9-6-26(7-10-30)39-15-11-29(12-16-39)13-17-42-21-29/h1-5,18-20,26-27H,6-17,21H2. The molecule has 0 aromatic heterocycles. The highest BCUT2D eigenvalue weighted by Crippen LogP contribution is 2.49. The van der Waals surface area contributed by atoms with Gasteiger partial charge in [0, 0.05) is 19.2 Å². The van der Waals surface area contributed by atoms with Crippen LogP contribution in [0.2, 0.25) is 0 Å². The van der Waals surface area contributed by atoms with Gasteiger partial charge in [0.1, 0.15) is 0 Å². The zero-order valence-corrected chi connectivity index (χ0v) is 23.4. The van der Waals surface area contributed by atoms with E-state index in [0.29, 0.717) is 36.4 Å². The maximum absolute atomic E-state index is 14.0. The monoisotopic (exact) mass is 594 g/mol. The van der Waals surface area contributed by atoms with Crippen molar-refractivity contribution in [3.05, 3.63) is 70.8 Å². The lowest BCUT2D eigenvalue weighted by molar-refractivity contribution is -0.144. The molecular formula is C32H36F6N2O2. The molecule has 0 N–H and O–H groups in total. The van der Waals surface area contributed by atoms with Crippen LogP contribution in [-0.4, -0.2) is 54.6 Å². The molecule has 1 saturated carbocycles. The van der Waals surface area contributed by atoms with Crippen molar-refractivity contribution < 1.29 is 35.9 Å². The number of benzene rings is 2. The molecule has 1 unspecified atom stereocenters. The van der Waals surface area contributed by atoms with Crippen molar-refractivity contribution in [2.45, 2.75) is 81.2 Å². The van der Waals surface area contributed by atoms with Gasteiger partial charge in [0.05, 0.1) is 29.2 Å². The molecular weight excluding hydrogens is 558 g/mol. The van der Waals surface area contributed by atoms with Crippen molar-refractivity contribution >= 4 is 5.91 Å². The number of amides is 1. The van der Waals surface area contributed by atoms with Crippen LogP contribution >= 0.6 is 0 Å². The van der Waals surface area contributed by atoms with Gasteiger partial charge in [-0.05, 0) is 99.2 Å². The zero-order valence-electron chi connectivity index (χ0n) is 23.4. The van der Waals surface area contributed by atoms with Gasteiger partial charge in [0.25, 0.3) is 0 Å². The van der Waals surface area contributed by atoms with E-state index in [-0.39, 0.29) is 24.6 Å². The highest BCUT2D eigenvalue weighted by atomic mass is 19.4. The lowest BCUT2D eigenvalue weighted by atomic mass is 9.72. The second-order valence-electron chi connectivity index (χ2n) is 12.6. The zero-order chi connectivity index (χ0) is 29.8. The van der Waals surface area contributed by atoms with E-state index in [0.717, 1.165) is 64.0 Å². The smallest absolute Gasteiger partial charge is 0.381 e. The van der Waals surface area contributed by atoms with E-state index in [2.05, 4.69) is 4.90 Å². The van der Waals surface area contributed by atoms with E-state index in [4.69, 9.17) is 4.74 Å². The van der Waals surface area contributed by atoms with E-state index in [1.807, 2.05) is 30.3 Å². The van der Waals surface area contributed by atoms with Crippen LogP contribution in [0.15, 0.2) is 48.5 Å². The molecule has 2 aromatic rings. The number of hydrogen-bond donors (Lipinski definition) is 0. The predicted octanol–water partition coefficient (Wildman–Crippen LogP) is 7.38. The van der Waals surface area contributed by atoms with E-state index >= 15 is 0 Å². The third-order valence-corrected chi connectivity index (χ3v) is 10.4. The Morgan fingerprint density at radius 3 is 1.93 bits per heavy atom. The minimum absolute atomic E-state index is 0.121. The summed E-state index contributed by atoms with van der Waals surface area (Å²) < 4.78 is 87.1. The molecule has 4 fully saturated rings. The average molecular weight is 595 g/mol. The van der Waals surface area contributed by atoms with Gasteiger partial charge >= 0.3 is 12.4 Å². The Morgan fingerprint density at radius 2 is 1.38 bits per heavy atom. The highest BCUT2D eigenvalue weighted by Gasteiger charge is 2.50. The quantitative estimate of drug-likeness (QED) is 0.347. The summed E-state index contributed by atoms with van der Waals surface area (Å²) >= 11 is 0. The summed E-state index contributed by atoms with van der Waals surface area (Å²) in [5.41, 5.74) is -2.36. The van der Waals surface area contributed by atoms with Crippen LogP contribution in [0.5, 0.6) is 0 Å². The van der Waals surface area contributed by atoms with Gasteiger partial charge < -0.3 is 14.5 Å². The third-order valence-electron chi connectivity index (χ3n) is 10.4. The summed E-state index contributed by atoms with van der Waals surface area (Å²) in [7, 11) is 0. The van der Waals surface area contributed by atoms with Gasteiger partial charge in [0.2, 0.25) is 5.91 Å². The van der Waals surface area contributed by atoms with Crippen molar-refractivity contribution in [2.75, 3.05) is 32.8 Å². The Hall–Kier alpha value is -2.59. The van der Waals surface area contributed by atoms with Gasteiger partial charge in [-0.15, -0.1) is 0 Å². The molecule has 0 radical (unpaired) electrons. The van der Waals surface area contributed by atoms with Crippen LogP contribution in [0.1, 0.15) is 79.5 Å². The molecule has 6 rings (SSSR count). The SMILES string of the molecule is O=C1C(c2cc(C(F)(F)F)cc(C(F)(F)F)c2)CCN1C1(c2ccccc2)CCC(N2CCC3(CCOC3)CC2)CC1. The van der Waals surface area contributed by atoms with Crippen molar-refractivity contribution in [2.24, 2.45) is 5.41 Å². The number of hydrogen-bond acceptors (Lipinski definition) is 3. The Bertz CT molecular complexity index is 1240. The topological polar surface area (TPSA) is 32.8 Å². The van der Waals surface area contributed by atoms with E-state index in [9.17, 15) is 31.1 Å². The summed E-state index contributed by atoms with van der Waals surface area (Å²) in [4.78, 5) is 18.3. The summed E-state index contributed by atoms with van der Waals surface area (Å²) in [5, 5.41) is 0. The third kappa shape index (κ3) is 5.45. The molecule has 0 bridgehead atoms. The molecule has 42 heavy (non-hydrogen) atoms. The van der Waals surface area contributed by atoms with Crippen LogP contribution in [-0.2, 0) is 27.4 Å². The van der Waals surface area contributed by atoms with Gasteiger partial charge in [-0.1, -0.05) is 30.3 Å². The molecule has 1 atom stereocenters. The van der Waals surface area contributed by atoms with Crippen molar-refractivity contribution in [3.63, 3.8) is 0 Å². The van der Waals surface area contributed by atoms with E-state index in [1.165, 1.54) is 0 Å². The molecule has 228 valence electrons. The van der Waals surface area contributed by atoms with Crippen molar-refractivity contribution in [1.29, 1.82) is 0 Å². The molecule has 4 aliphatic rings. The fourth-order valence-corrected chi connectivity index (χ4v) is 7.91. The minimum atomic E-state index is -4.96. The summed E-state index contributed by atoms with van der Waals surface area (Å²) in [6.45, 7) is 4.01. The number of alkyl halides is 6. The predicted molar refractivity (Wildman–Crippen MR) is 145 cm³/mol. The van der Waals surface area contributed by atoms with Gasteiger partial charge in [-0.3, -0.25) is 4.79 Å². The number of halogens is 6. The molecule has 3 aliphatic heterocycles. The fraction of sp³-hybridized carbons (Fsp3) is 0.594. The normalized spacial score (nSPS) is 29.0. The minimum Gasteiger partial charge on any atom is -0.381 e. The maximum atomic E-state index is 14.0. The van der Waals surface area contributed by atoms with E-state index < -0.39 is 40.8 Å². The largest absolute Gasteiger partial charge is 0.416 e. The van der Waals surface area contributed by atoms with Gasteiger partial charge in [-0.2, -0.15) is 26.3 Å². The molecule has 1 amide bonds. The van der Waals surface area contributed by atoms with Crippen LogP contribution in [0.25, 0.3) is 0 Å². The first kappa shape index (κ1) is 29.5. The molecule has 3 saturated heterocycles. The van der Waals surface area contributed by atoms with Gasteiger partial charge in [-0.25, -0.2) is 0 Å². The Morgan fingerprint density at radius 1 is 0.762 bits per heavy atom.